The monoisotopic (exact) mass is 453 g/mol. The lowest BCUT2D eigenvalue weighted by molar-refractivity contribution is -0.119. The standard InChI is InChI=1S/C23H23N3O5S/c1-17(19-12-6-8-14-21(19)27)24-25-23(28)16-26(20-13-7-9-15-22(20)31-2)32(29,30)18-10-4-3-5-11-18/h3-15,27H,16H2,1-2H3,(H,25,28)/b24-17-. The van der Waals surface area contributed by atoms with Crippen LogP contribution in [-0.2, 0) is 14.8 Å². The van der Waals surface area contributed by atoms with Gasteiger partial charge in [-0.3, -0.25) is 9.10 Å². The van der Waals surface area contributed by atoms with Gasteiger partial charge in [0.2, 0.25) is 0 Å². The lowest BCUT2D eigenvalue weighted by Gasteiger charge is -2.25. The molecule has 0 saturated carbocycles. The third-order valence-corrected chi connectivity index (χ3v) is 6.39. The zero-order chi connectivity index (χ0) is 23.1. The summed E-state index contributed by atoms with van der Waals surface area (Å²) in [5.41, 5.74) is 3.40. The maximum absolute atomic E-state index is 13.4. The molecule has 0 fully saturated rings. The molecule has 2 N–H and O–H groups in total. The molecule has 0 atom stereocenters. The molecular formula is C23H23N3O5S. The zero-order valence-corrected chi connectivity index (χ0v) is 18.4. The van der Waals surface area contributed by atoms with Crippen LogP contribution in [0.2, 0.25) is 0 Å². The molecule has 0 saturated heterocycles. The Kier molecular flexibility index (Phi) is 7.11. The van der Waals surface area contributed by atoms with Crippen LogP contribution in [-0.4, -0.2) is 38.8 Å². The average Bonchev–Trinajstić information content (AvgIpc) is 2.81. The average molecular weight is 454 g/mol. The smallest absolute Gasteiger partial charge is 0.264 e. The molecule has 0 bridgehead atoms. The molecule has 0 heterocycles. The third kappa shape index (κ3) is 5.06. The fourth-order valence-electron chi connectivity index (χ4n) is 3.01. The Labute approximate surface area is 186 Å². The Morgan fingerprint density at radius 1 is 1.00 bits per heavy atom. The molecule has 0 unspecified atom stereocenters. The van der Waals surface area contributed by atoms with E-state index in [0.717, 1.165) is 4.31 Å². The number of phenols is 1. The number of ether oxygens (including phenoxy) is 1. The minimum absolute atomic E-state index is 0.0188. The van der Waals surface area contributed by atoms with Crippen LogP contribution in [0, 0.1) is 0 Å². The van der Waals surface area contributed by atoms with E-state index in [0.29, 0.717) is 17.0 Å². The number of nitrogens with zero attached hydrogens (tertiary/aromatic N) is 2. The number of nitrogens with one attached hydrogen (secondary N) is 1. The number of phenolic OH excluding ortho intramolecular Hbond substituents is 1. The second-order valence-electron chi connectivity index (χ2n) is 6.75. The molecule has 0 aliphatic carbocycles. The van der Waals surface area contributed by atoms with E-state index in [9.17, 15) is 18.3 Å². The molecule has 0 aromatic heterocycles. The molecule has 0 spiro atoms. The van der Waals surface area contributed by atoms with Crippen molar-refractivity contribution in [1.29, 1.82) is 0 Å². The summed E-state index contributed by atoms with van der Waals surface area (Å²) in [4.78, 5) is 12.7. The Morgan fingerprint density at radius 2 is 1.62 bits per heavy atom. The number of para-hydroxylation sites is 3. The van der Waals surface area contributed by atoms with E-state index in [4.69, 9.17) is 4.74 Å². The highest BCUT2D eigenvalue weighted by molar-refractivity contribution is 7.92. The van der Waals surface area contributed by atoms with Crippen LogP contribution < -0.4 is 14.5 Å². The van der Waals surface area contributed by atoms with Gasteiger partial charge < -0.3 is 9.84 Å². The minimum atomic E-state index is -4.08. The van der Waals surface area contributed by atoms with Crippen molar-refractivity contribution < 1.29 is 23.1 Å². The summed E-state index contributed by atoms with van der Waals surface area (Å²) in [6.45, 7) is 1.09. The lowest BCUT2D eigenvalue weighted by atomic mass is 10.1. The van der Waals surface area contributed by atoms with Crippen LogP contribution in [0.15, 0.2) is 88.9 Å². The van der Waals surface area contributed by atoms with Crippen LogP contribution in [0.3, 0.4) is 0 Å². The van der Waals surface area contributed by atoms with E-state index >= 15 is 0 Å². The fraction of sp³-hybridized carbons (Fsp3) is 0.130. The van der Waals surface area contributed by atoms with Crippen LogP contribution in [0.25, 0.3) is 0 Å². The number of hydrazone groups is 1. The van der Waals surface area contributed by atoms with E-state index in [1.54, 1.807) is 67.6 Å². The number of carbonyl (C=O) groups is 1. The number of hydrogen-bond acceptors (Lipinski definition) is 6. The summed E-state index contributed by atoms with van der Waals surface area (Å²) in [6.07, 6.45) is 0. The second kappa shape index (κ2) is 9.97. The molecule has 0 aliphatic rings. The van der Waals surface area contributed by atoms with E-state index in [1.807, 2.05) is 0 Å². The Morgan fingerprint density at radius 3 is 2.31 bits per heavy atom. The predicted octanol–water partition coefficient (Wildman–Crippen LogP) is 3.14. The highest BCUT2D eigenvalue weighted by Crippen LogP contribution is 2.32. The first kappa shape index (κ1) is 22.8. The lowest BCUT2D eigenvalue weighted by Crippen LogP contribution is -2.40. The third-order valence-electron chi connectivity index (χ3n) is 4.61. The number of amides is 1. The number of benzene rings is 3. The van der Waals surface area contributed by atoms with Gasteiger partial charge in [-0.15, -0.1) is 0 Å². The van der Waals surface area contributed by atoms with Gasteiger partial charge in [0.05, 0.1) is 23.4 Å². The Balaban J connectivity index is 1.92. The van der Waals surface area contributed by atoms with Crippen molar-refractivity contribution in [3.63, 3.8) is 0 Å². The van der Waals surface area contributed by atoms with Crippen molar-refractivity contribution in [3.8, 4) is 11.5 Å². The normalized spacial score (nSPS) is 11.6. The van der Waals surface area contributed by atoms with Gasteiger partial charge in [0.25, 0.3) is 15.9 Å². The van der Waals surface area contributed by atoms with Crippen molar-refractivity contribution in [3.05, 3.63) is 84.4 Å². The van der Waals surface area contributed by atoms with Crippen molar-refractivity contribution in [2.24, 2.45) is 5.10 Å². The highest BCUT2D eigenvalue weighted by atomic mass is 32.2. The number of aromatic hydroxyl groups is 1. The van der Waals surface area contributed by atoms with E-state index in [1.165, 1.54) is 25.3 Å². The van der Waals surface area contributed by atoms with Crippen molar-refractivity contribution in [2.45, 2.75) is 11.8 Å². The number of carbonyl (C=O) groups excluding carboxylic acids is 1. The summed E-state index contributed by atoms with van der Waals surface area (Å²) in [5, 5.41) is 13.9. The molecule has 3 aromatic rings. The molecular weight excluding hydrogens is 430 g/mol. The molecule has 32 heavy (non-hydrogen) atoms. The summed E-state index contributed by atoms with van der Waals surface area (Å²) in [6, 6.07) is 20.9. The molecule has 0 aliphatic heterocycles. The maximum Gasteiger partial charge on any atom is 0.264 e. The van der Waals surface area contributed by atoms with Gasteiger partial charge in [0, 0.05) is 5.56 Å². The van der Waals surface area contributed by atoms with Gasteiger partial charge >= 0.3 is 0 Å². The van der Waals surface area contributed by atoms with E-state index < -0.39 is 22.5 Å². The van der Waals surface area contributed by atoms with E-state index in [2.05, 4.69) is 10.5 Å². The van der Waals surface area contributed by atoms with Gasteiger partial charge in [0.1, 0.15) is 18.0 Å². The summed E-state index contributed by atoms with van der Waals surface area (Å²) < 4.78 is 33.0. The van der Waals surface area contributed by atoms with Crippen molar-refractivity contribution >= 4 is 27.3 Å². The molecule has 3 rings (SSSR count). The Bertz CT molecular complexity index is 1230. The van der Waals surface area contributed by atoms with Crippen molar-refractivity contribution in [1.82, 2.24) is 5.43 Å². The minimum Gasteiger partial charge on any atom is -0.507 e. The number of rotatable bonds is 8. The quantitative estimate of drug-likeness (QED) is 0.402. The SMILES string of the molecule is COc1ccccc1N(CC(=O)N/N=C(/C)c1ccccc1O)S(=O)(=O)c1ccccc1. The molecule has 8 nitrogen and oxygen atoms in total. The second-order valence-corrected chi connectivity index (χ2v) is 8.61. The predicted molar refractivity (Wildman–Crippen MR) is 122 cm³/mol. The molecule has 0 radical (unpaired) electrons. The first-order valence-corrected chi connectivity index (χ1v) is 11.1. The maximum atomic E-state index is 13.4. The topological polar surface area (TPSA) is 108 Å². The summed E-state index contributed by atoms with van der Waals surface area (Å²) in [5.74, 6) is -0.343. The molecule has 9 heteroatoms. The number of hydrogen-bond donors (Lipinski definition) is 2. The van der Waals surface area contributed by atoms with Crippen LogP contribution in [0.4, 0.5) is 5.69 Å². The Hall–Kier alpha value is -3.85. The first-order chi connectivity index (χ1) is 15.3. The van der Waals surface area contributed by atoms with Crippen LogP contribution in [0.5, 0.6) is 11.5 Å². The van der Waals surface area contributed by atoms with Gasteiger partial charge in [0.15, 0.2) is 0 Å². The summed E-state index contributed by atoms with van der Waals surface area (Å²) in [7, 11) is -2.65. The van der Waals surface area contributed by atoms with Gasteiger partial charge in [-0.1, -0.05) is 42.5 Å². The van der Waals surface area contributed by atoms with Gasteiger partial charge in [-0.25, -0.2) is 13.8 Å². The fourth-order valence-corrected chi connectivity index (χ4v) is 4.46. The molecule has 1 amide bonds. The van der Waals surface area contributed by atoms with E-state index in [-0.39, 0.29) is 16.3 Å². The van der Waals surface area contributed by atoms with Gasteiger partial charge in [-0.05, 0) is 43.3 Å². The van der Waals surface area contributed by atoms with Crippen LogP contribution >= 0.6 is 0 Å². The summed E-state index contributed by atoms with van der Waals surface area (Å²) >= 11 is 0. The molecule has 3 aromatic carbocycles. The van der Waals surface area contributed by atoms with Crippen LogP contribution in [0.1, 0.15) is 12.5 Å². The zero-order valence-electron chi connectivity index (χ0n) is 17.6. The number of sulfonamides is 1. The first-order valence-electron chi connectivity index (χ1n) is 9.67. The highest BCUT2D eigenvalue weighted by Gasteiger charge is 2.29. The van der Waals surface area contributed by atoms with Gasteiger partial charge in [-0.2, -0.15) is 5.10 Å². The largest absolute Gasteiger partial charge is 0.507 e. The number of anilines is 1. The molecule has 166 valence electrons. The number of methoxy groups -OCH3 is 1. The van der Waals surface area contributed by atoms with Crippen molar-refractivity contribution in [2.75, 3.05) is 18.0 Å².